The van der Waals surface area contributed by atoms with Crippen LogP contribution in [0.15, 0.2) is 65.3 Å². The minimum Gasteiger partial charge on any atom is -0.455 e. The molecule has 0 radical (unpaired) electrons. The first-order valence-corrected chi connectivity index (χ1v) is 5.22. The molecular weight excluding hydrogens is 198 g/mol. The van der Waals surface area contributed by atoms with Crippen LogP contribution in [0.5, 0.6) is 0 Å². The SMILES string of the molecule is C1=CC=C(c2cc3ccccc3o2)NC=C1. The van der Waals surface area contributed by atoms with Crippen molar-refractivity contribution in [1.82, 2.24) is 5.32 Å². The van der Waals surface area contributed by atoms with Crippen LogP contribution in [0, 0.1) is 0 Å². The van der Waals surface area contributed by atoms with Gasteiger partial charge in [-0.05, 0) is 24.3 Å². The van der Waals surface area contributed by atoms with Crippen LogP contribution in [0.3, 0.4) is 0 Å². The molecule has 78 valence electrons. The summed E-state index contributed by atoms with van der Waals surface area (Å²) in [5.41, 5.74) is 1.89. The van der Waals surface area contributed by atoms with Crippen LogP contribution < -0.4 is 5.32 Å². The highest BCUT2D eigenvalue weighted by molar-refractivity contribution is 5.82. The van der Waals surface area contributed by atoms with Gasteiger partial charge in [-0.1, -0.05) is 30.4 Å². The lowest BCUT2D eigenvalue weighted by Gasteiger charge is -2.00. The van der Waals surface area contributed by atoms with Crippen LogP contribution in [-0.2, 0) is 0 Å². The summed E-state index contributed by atoms with van der Waals surface area (Å²) in [4.78, 5) is 0. The Bertz CT molecular complexity index is 569. The minimum atomic E-state index is 0.859. The molecule has 3 rings (SSSR count). The molecule has 0 saturated heterocycles. The van der Waals surface area contributed by atoms with E-state index in [2.05, 4.69) is 5.32 Å². The van der Waals surface area contributed by atoms with Gasteiger partial charge in [0, 0.05) is 11.6 Å². The Kier molecular flexibility index (Phi) is 2.11. The predicted molar refractivity (Wildman–Crippen MR) is 65.6 cm³/mol. The molecular formula is C14H11NO. The van der Waals surface area contributed by atoms with Gasteiger partial charge in [0.05, 0.1) is 5.70 Å². The van der Waals surface area contributed by atoms with Crippen LogP contribution in [-0.4, -0.2) is 0 Å². The van der Waals surface area contributed by atoms with Gasteiger partial charge in [-0.2, -0.15) is 0 Å². The number of para-hydroxylation sites is 1. The van der Waals surface area contributed by atoms with Gasteiger partial charge < -0.3 is 9.73 Å². The highest BCUT2D eigenvalue weighted by Gasteiger charge is 2.06. The number of benzene rings is 1. The number of rotatable bonds is 1. The van der Waals surface area contributed by atoms with E-state index in [-0.39, 0.29) is 0 Å². The fourth-order valence-corrected chi connectivity index (χ4v) is 1.73. The molecule has 1 N–H and O–H groups in total. The van der Waals surface area contributed by atoms with E-state index >= 15 is 0 Å². The first kappa shape index (κ1) is 9.04. The van der Waals surface area contributed by atoms with Crippen molar-refractivity contribution in [3.63, 3.8) is 0 Å². The molecule has 0 saturated carbocycles. The van der Waals surface area contributed by atoms with Crippen LogP contribution in [0.4, 0.5) is 0 Å². The van der Waals surface area contributed by atoms with Crippen LogP contribution in [0.2, 0.25) is 0 Å². The Balaban J connectivity index is 2.09. The van der Waals surface area contributed by atoms with Gasteiger partial charge in [0.2, 0.25) is 0 Å². The summed E-state index contributed by atoms with van der Waals surface area (Å²) in [6.45, 7) is 0. The lowest BCUT2D eigenvalue weighted by Crippen LogP contribution is -2.01. The van der Waals surface area contributed by atoms with E-state index in [9.17, 15) is 0 Å². The second-order valence-corrected chi connectivity index (χ2v) is 3.62. The zero-order chi connectivity index (χ0) is 10.8. The number of allylic oxidation sites excluding steroid dienone is 4. The summed E-state index contributed by atoms with van der Waals surface area (Å²) in [5.74, 6) is 0.859. The molecule has 1 aromatic heterocycles. The average molecular weight is 209 g/mol. The summed E-state index contributed by atoms with van der Waals surface area (Å²) in [6.07, 6.45) is 9.80. The van der Waals surface area contributed by atoms with E-state index in [4.69, 9.17) is 4.42 Å². The first-order chi connectivity index (χ1) is 7.93. The quantitative estimate of drug-likeness (QED) is 0.778. The Labute approximate surface area is 93.6 Å². The van der Waals surface area contributed by atoms with Crippen molar-refractivity contribution in [2.75, 3.05) is 0 Å². The van der Waals surface area contributed by atoms with Gasteiger partial charge in [-0.3, -0.25) is 0 Å². The molecule has 0 unspecified atom stereocenters. The van der Waals surface area contributed by atoms with Crippen LogP contribution in [0.1, 0.15) is 5.76 Å². The lowest BCUT2D eigenvalue weighted by molar-refractivity contribution is 0.595. The fraction of sp³-hybridized carbons (Fsp3) is 0. The molecule has 1 aromatic carbocycles. The molecule has 0 bridgehead atoms. The second kappa shape index (κ2) is 3.74. The van der Waals surface area contributed by atoms with Crippen molar-refractivity contribution in [3.05, 3.63) is 66.6 Å². The summed E-state index contributed by atoms with van der Waals surface area (Å²) in [5, 5.41) is 4.31. The maximum absolute atomic E-state index is 5.76. The van der Waals surface area contributed by atoms with Gasteiger partial charge in [0.15, 0.2) is 5.76 Å². The van der Waals surface area contributed by atoms with E-state index in [0.717, 1.165) is 22.4 Å². The molecule has 0 atom stereocenters. The Morgan fingerprint density at radius 1 is 1.00 bits per heavy atom. The average Bonchev–Trinajstić information content (AvgIpc) is 2.56. The maximum Gasteiger partial charge on any atom is 0.151 e. The number of nitrogens with one attached hydrogen (secondary N) is 1. The summed E-state index contributed by atoms with van der Waals surface area (Å²) in [7, 11) is 0. The number of furan rings is 1. The van der Waals surface area contributed by atoms with Crippen molar-refractivity contribution in [2.45, 2.75) is 0 Å². The molecule has 2 heterocycles. The van der Waals surface area contributed by atoms with Crippen molar-refractivity contribution in [3.8, 4) is 0 Å². The van der Waals surface area contributed by atoms with Crippen LogP contribution in [0.25, 0.3) is 16.7 Å². The molecule has 2 nitrogen and oxygen atoms in total. The molecule has 1 aliphatic heterocycles. The zero-order valence-corrected chi connectivity index (χ0v) is 8.68. The van der Waals surface area contributed by atoms with Gasteiger partial charge in [0.25, 0.3) is 0 Å². The largest absolute Gasteiger partial charge is 0.455 e. The van der Waals surface area contributed by atoms with E-state index in [1.807, 2.05) is 60.8 Å². The Morgan fingerprint density at radius 2 is 1.94 bits per heavy atom. The molecule has 16 heavy (non-hydrogen) atoms. The molecule has 0 amide bonds. The fourth-order valence-electron chi connectivity index (χ4n) is 1.73. The maximum atomic E-state index is 5.76. The standard InChI is InChI=1S/C14H11NO/c1-2-7-12(15-9-5-1)14-10-11-6-3-4-8-13(11)16-14/h1-10,15H. The topological polar surface area (TPSA) is 25.2 Å². The Morgan fingerprint density at radius 3 is 2.88 bits per heavy atom. The number of hydrogen-bond donors (Lipinski definition) is 1. The second-order valence-electron chi connectivity index (χ2n) is 3.62. The smallest absolute Gasteiger partial charge is 0.151 e. The lowest BCUT2D eigenvalue weighted by atomic mass is 10.2. The predicted octanol–water partition coefficient (Wildman–Crippen LogP) is 3.45. The highest BCUT2D eigenvalue weighted by atomic mass is 16.3. The van der Waals surface area contributed by atoms with E-state index in [1.54, 1.807) is 0 Å². The number of hydrogen-bond acceptors (Lipinski definition) is 2. The normalized spacial score (nSPS) is 14.6. The molecule has 0 spiro atoms. The van der Waals surface area contributed by atoms with Gasteiger partial charge in [0.1, 0.15) is 5.58 Å². The zero-order valence-electron chi connectivity index (χ0n) is 8.68. The van der Waals surface area contributed by atoms with E-state index in [0.29, 0.717) is 0 Å². The molecule has 2 aromatic rings. The van der Waals surface area contributed by atoms with Crippen molar-refractivity contribution < 1.29 is 4.42 Å². The highest BCUT2D eigenvalue weighted by Crippen LogP contribution is 2.23. The summed E-state index contributed by atoms with van der Waals surface area (Å²) >= 11 is 0. The van der Waals surface area contributed by atoms with Crippen molar-refractivity contribution in [1.29, 1.82) is 0 Å². The van der Waals surface area contributed by atoms with Gasteiger partial charge >= 0.3 is 0 Å². The minimum absolute atomic E-state index is 0.859. The number of fused-ring (bicyclic) bond motifs is 1. The molecule has 2 heteroatoms. The van der Waals surface area contributed by atoms with Gasteiger partial charge in [-0.15, -0.1) is 0 Å². The molecule has 1 aliphatic rings. The third-order valence-corrected chi connectivity index (χ3v) is 2.51. The van der Waals surface area contributed by atoms with Gasteiger partial charge in [-0.25, -0.2) is 0 Å². The monoisotopic (exact) mass is 209 g/mol. The van der Waals surface area contributed by atoms with Crippen molar-refractivity contribution >= 4 is 16.7 Å². The third kappa shape index (κ3) is 1.54. The molecule has 0 fully saturated rings. The summed E-state index contributed by atoms with van der Waals surface area (Å²) < 4.78 is 5.76. The van der Waals surface area contributed by atoms with Crippen molar-refractivity contribution in [2.24, 2.45) is 0 Å². The Hall–Kier alpha value is -2.22. The van der Waals surface area contributed by atoms with E-state index < -0.39 is 0 Å². The first-order valence-electron chi connectivity index (χ1n) is 5.22. The third-order valence-electron chi connectivity index (χ3n) is 2.51. The molecule has 0 aliphatic carbocycles. The van der Waals surface area contributed by atoms with E-state index in [1.165, 1.54) is 0 Å². The summed E-state index contributed by atoms with van der Waals surface area (Å²) in [6, 6.07) is 10.1. The van der Waals surface area contributed by atoms with Crippen LogP contribution >= 0.6 is 0 Å².